The van der Waals surface area contributed by atoms with Crippen LogP contribution >= 0.6 is 15.9 Å². The summed E-state index contributed by atoms with van der Waals surface area (Å²) >= 11 is 3.08. The molecule has 2 aromatic rings. The molecule has 0 heterocycles. The van der Waals surface area contributed by atoms with Crippen molar-refractivity contribution in [2.24, 2.45) is 0 Å². The van der Waals surface area contributed by atoms with Gasteiger partial charge in [-0.05, 0) is 36.4 Å². The average molecular weight is 341 g/mol. The molecule has 0 aliphatic carbocycles. The summed E-state index contributed by atoms with van der Waals surface area (Å²) in [4.78, 5) is 11.4. The summed E-state index contributed by atoms with van der Waals surface area (Å²) in [7, 11) is 0. The molecule has 0 fully saturated rings. The van der Waals surface area contributed by atoms with Gasteiger partial charge >= 0.3 is 0 Å². The summed E-state index contributed by atoms with van der Waals surface area (Å²) in [5, 5.41) is 0.244. The molecule has 104 valence electrons. The average Bonchev–Trinajstić information content (AvgIpc) is 2.46. The molecule has 0 aromatic heterocycles. The Morgan fingerprint density at radius 3 is 2.20 bits per heavy atom. The zero-order chi connectivity index (χ0) is 14.5. The third kappa shape index (κ3) is 3.42. The lowest BCUT2D eigenvalue weighted by molar-refractivity contribution is 0.102. The number of carbonyl (C=O) groups excluding carboxylic acids is 1. The fourth-order valence-corrected chi connectivity index (χ4v) is 1.96. The number of Topliss-reactive ketones (excluding diaryl/α,β-unsaturated/α-hetero) is 1. The van der Waals surface area contributed by atoms with Crippen molar-refractivity contribution >= 4 is 21.7 Å². The molecular formula is C15H11BrF2O2. The number of ether oxygens (including phenoxy) is 1. The van der Waals surface area contributed by atoms with E-state index < -0.39 is 11.6 Å². The van der Waals surface area contributed by atoms with Crippen LogP contribution in [0.4, 0.5) is 8.78 Å². The normalized spacial score (nSPS) is 10.3. The molecule has 0 saturated carbocycles. The molecule has 0 amide bonds. The van der Waals surface area contributed by atoms with Gasteiger partial charge in [0.05, 0.1) is 10.9 Å². The van der Waals surface area contributed by atoms with Crippen molar-refractivity contribution < 1.29 is 18.3 Å². The van der Waals surface area contributed by atoms with Gasteiger partial charge in [0.1, 0.15) is 24.0 Å². The Kier molecular flexibility index (Phi) is 4.84. The van der Waals surface area contributed by atoms with Crippen molar-refractivity contribution in [3.8, 4) is 5.75 Å². The fraction of sp³-hybridized carbons (Fsp3) is 0.133. The van der Waals surface area contributed by atoms with Crippen LogP contribution in [-0.2, 0) is 6.61 Å². The maximum atomic E-state index is 13.4. The number of ketones is 1. The van der Waals surface area contributed by atoms with Gasteiger partial charge in [-0.3, -0.25) is 4.79 Å². The largest absolute Gasteiger partial charge is 0.489 e. The molecule has 0 radical (unpaired) electrons. The van der Waals surface area contributed by atoms with E-state index in [0.717, 1.165) is 0 Å². The molecule has 20 heavy (non-hydrogen) atoms. The van der Waals surface area contributed by atoms with E-state index in [9.17, 15) is 13.6 Å². The second-order valence-electron chi connectivity index (χ2n) is 4.07. The third-order valence-electron chi connectivity index (χ3n) is 2.74. The zero-order valence-corrected chi connectivity index (χ0v) is 12.0. The lowest BCUT2D eigenvalue weighted by atomic mass is 10.1. The maximum Gasteiger partial charge on any atom is 0.173 e. The van der Waals surface area contributed by atoms with Gasteiger partial charge in [0.15, 0.2) is 5.78 Å². The highest BCUT2D eigenvalue weighted by molar-refractivity contribution is 9.09. The lowest BCUT2D eigenvalue weighted by Crippen LogP contribution is -2.03. The summed E-state index contributed by atoms with van der Waals surface area (Å²) in [6, 6.07) is 10.1. The van der Waals surface area contributed by atoms with Crippen molar-refractivity contribution in [1.29, 1.82) is 0 Å². The van der Waals surface area contributed by atoms with E-state index in [1.165, 1.54) is 18.2 Å². The zero-order valence-electron chi connectivity index (χ0n) is 10.4. The summed E-state index contributed by atoms with van der Waals surface area (Å²) < 4.78 is 32.1. The number of rotatable bonds is 5. The summed E-state index contributed by atoms with van der Waals surface area (Å²) in [6.07, 6.45) is 0. The molecule has 0 bridgehead atoms. The number of carbonyl (C=O) groups is 1. The minimum atomic E-state index is -0.643. The van der Waals surface area contributed by atoms with E-state index in [1.54, 1.807) is 24.3 Å². The summed E-state index contributed by atoms with van der Waals surface area (Å²) in [5.41, 5.74) is 0.430. The van der Waals surface area contributed by atoms with Crippen molar-refractivity contribution in [2.45, 2.75) is 6.61 Å². The highest BCUT2D eigenvalue weighted by atomic mass is 79.9. The summed E-state index contributed by atoms with van der Waals surface area (Å²) in [5.74, 6) is -0.886. The monoisotopic (exact) mass is 340 g/mol. The van der Waals surface area contributed by atoms with E-state index in [2.05, 4.69) is 15.9 Å². The minimum Gasteiger partial charge on any atom is -0.489 e. The van der Waals surface area contributed by atoms with E-state index in [1.807, 2.05) is 0 Å². The second-order valence-corrected chi connectivity index (χ2v) is 4.63. The van der Waals surface area contributed by atoms with Crippen LogP contribution in [0.1, 0.15) is 15.9 Å². The van der Waals surface area contributed by atoms with Crippen molar-refractivity contribution in [2.75, 3.05) is 5.33 Å². The van der Waals surface area contributed by atoms with Crippen molar-refractivity contribution in [3.63, 3.8) is 0 Å². The molecule has 0 spiro atoms. The highest BCUT2D eigenvalue weighted by Gasteiger charge is 2.09. The Balaban J connectivity index is 2.06. The van der Waals surface area contributed by atoms with Crippen LogP contribution in [0.3, 0.4) is 0 Å². The predicted octanol–water partition coefficient (Wildman–Crippen LogP) is 4.12. The Morgan fingerprint density at radius 1 is 1.05 bits per heavy atom. The van der Waals surface area contributed by atoms with Gasteiger partial charge in [-0.15, -0.1) is 0 Å². The van der Waals surface area contributed by atoms with Crippen molar-refractivity contribution in [3.05, 3.63) is 65.2 Å². The van der Waals surface area contributed by atoms with Gasteiger partial charge < -0.3 is 4.74 Å². The quantitative estimate of drug-likeness (QED) is 0.604. The number of hydrogen-bond acceptors (Lipinski definition) is 2. The first-order valence-electron chi connectivity index (χ1n) is 5.86. The first-order valence-corrected chi connectivity index (χ1v) is 6.99. The van der Waals surface area contributed by atoms with Crippen LogP contribution in [-0.4, -0.2) is 11.1 Å². The molecule has 2 aromatic carbocycles. The predicted molar refractivity (Wildman–Crippen MR) is 75.3 cm³/mol. The van der Waals surface area contributed by atoms with Crippen LogP contribution in [0.25, 0.3) is 0 Å². The number of alkyl halides is 1. The number of hydrogen-bond donors (Lipinski definition) is 0. The molecule has 5 heteroatoms. The van der Waals surface area contributed by atoms with Crippen LogP contribution < -0.4 is 4.74 Å². The van der Waals surface area contributed by atoms with Gasteiger partial charge in [0.2, 0.25) is 0 Å². The van der Waals surface area contributed by atoms with E-state index in [0.29, 0.717) is 11.3 Å². The summed E-state index contributed by atoms with van der Waals surface area (Å²) in [6.45, 7) is -0.204. The first-order chi connectivity index (χ1) is 9.61. The Hall–Kier alpha value is -1.75. The van der Waals surface area contributed by atoms with Gasteiger partial charge in [-0.2, -0.15) is 0 Å². The molecule has 0 unspecified atom stereocenters. The topological polar surface area (TPSA) is 26.3 Å². The molecule has 0 N–H and O–H groups in total. The maximum absolute atomic E-state index is 13.4. The molecule has 2 nitrogen and oxygen atoms in total. The second kappa shape index (κ2) is 6.61. The fourth-order valence-electron chi connectivity index (χ4n) is 1.64. The molecule has 0 saturated heterocycles. The SMILES string of the molecule is O=C(CBr)c1ccc(OCc2c(F)cccc2F)cc1. The van der Waals surface area contributed by atoms with E-state index in [4.69, 9.17) is 4.74 Å². The third-order valence-corrected chi connectivity index (χ3v) is 3.25. The van der Waals surface area contributed by atoms with Crippen LogP contribution in [0, 0.1) is 11.6 Å². The van der Waals surface area contributed by atoms with Crippen molar-refractivity contribution in [1.82, 2.24) is 0 Å². The molecule has 2 rings (SSSR count). The van der Waals surface area contributed by atoms with Crippen LogP contribution in [0.2, 0.25) is 0 Å². The first kappa shape index (κ1) is 14.7. The minimum absolute atomic E-state index is 0.0447. The van der Waals surface area contributed by atoms with Crippen LogP contribution in [0.5, 0.6) is 5.75 Å². The Bertz CT molecular complexity index is 592. The number of halogens is 3. The van der Waals surface area contributed by atoms with Gasteiger partial charge in [-0.1, -0.05) is 22.0 Å². The van der Waals surface area contributed by atoms with E-state index >= 15 is 0 Å². The smallest absolute Gasteiger partial charge is 0.173 e. The number of benzene rings is 2. The van der Waals surface area contributed by atoms with Gasteiger partial charge in [0, 0.05) is 5.56 Å². The standard InChI is InChI=1S/C15H11BrF2O2/c16-8-15(19)10-4-6-11(7-5-10)20-9-12-13(17)2-1-3-14(12)18/h1-7H,8-9H2. The van der Waals surface area contributed by atoms with Gasteiger partial charge in [0.25, 0.3) is 0 Å². The van der Waals surface area contributed by atoms with Crippen LogP contribution in [0.15, 0.2) is 42.5 Å². The molecule has 0 atom stereocenters. The molecule has 0 aliphatic heterocycles. The van der Waals surface area contributed by atoms with Gasteiger partial charge in [-0.25, -0.2) is 8.78 Å². The molecule has 0 aliphatic rings. The molecular weight excluding hydrogens is 330 g/mol. The lowest BCUT2D eigenvalue weighted by Gasteiger charge is -2.08. The Morgan fingerprint density at radius 2 is 1.65 bits per heavy atom. The highest BCUT2D eigenvalue weighted by Crippen LogP contribution is 2.18. The Labute approximate surface area is 123 Å². The van der Waals surface area contributed by atoms with E-state index in [-0.39, 0.29) is 23.3 Å².